The maximum absolute atomic E-state index is 5.61. The van der Waals surface area contributed by atoms with Gasteiger partial charge in [0.05, 0.1) is 11.7 Å². The molecule has 1 aromatic carbocycles. The third kappa shape index (κ3) is 1.65. The van der Waals surface area contributed by atoms with E-state index in [-0.39, 0.29) is 0 Å². The zero-order valence-corrected chi connectivity index (χ0v) is 10.0. The Labute approximate surface area is 104 Å². The quantitative estimate of drug-likeness (QED) is 0.737. The summed E-state index contributed by atoms with van der Waals surface area (Å²) in [5.41, 5.74) is 8.45. The van der Waals surface area contributed by atoms with Crippen LogP contribution in [0.3, 0.4) is 0 Å². The molecule has 0 atom stereocenters. The van der Waals surface area contributed by atoms with Crippen LogP contribution in [0.4, 0.5) is 0 Å². The number of para-hydroxylation sites is 1. The Kier molecular flexibility index (Phi) is 2.53. The van der Waals surface area contributed by atoms with E-state index in [2.05, 4.69) is 15.1 Å². The number of aryl methyl sites for hydroxylation is 1. The Bertz CT molecular complexity index is 701. The highest BCUT2D eigenvalue weighted by molar-refractivity contribution is 5.79. The number of hydrogen-bond donors (Lipinski definition) is 1. The average molecular weight is 239 g/mol. The van der Waals surface area contributed by atoms with E-state index < -0.39 is 0 Å². The van der Waals surface area contributed by atoms with Gasteiger partial charge in [-0.05, 0) is 13.0 Å². The summed E-state index contributed by atoms with van der Waals surface area (Å²) in [5.74, 6) is 0.575. The summed E-state index contributed by atoms with van der Waals surface area (Å²) < 4.78 is 1.74. The lowest BCUT2D eigenvalue weighted by Gasteiger charge is -2.05. The van der Waals surface area contributed by atoms with Crippen molar-refractivity contribution in [2.45, 2.75) is 13.5 Å². The third-order valence-electron chi connectivity index (χ3n) is 2.95. The number of rotatable bonds is 2. The molecule has 0 fully saturated rings. The summed E-state index contributed by atoms with van der Waals surface area (Å²) in [4.78, 5) is 8.76. The van der Waals surface area contributed by atoms with E-state index in [0.29, 0.717) is 12.5 Å². The standard InChI is InChI=1S/C13H13N5/c1-9-11(6-14)7-15-13(17-9)18-12-5-3-2-4-10(12)8-16-18/h2-5,7-8H,6,14H2,1H3. The SMILES string of the molecule is Cc1nc(-n2ncc3ccccc32)ncc1CN. The molecule has 2 N–H and O–H groups in total. The first-order chi connectivity index (χ1) is 8.79. The van der Waals surface area contributed by atoms with Gasteiger partial charge in [0.2, 0.25) is 0 Å². The molecule has 90 valence electrons. The molecule has 0 spiro atoms. The predicted octanol–water partition coefficient (Wildman–Crippen LogP) is 1.58. The van der Waals surface area contributed by atoms with Gasteiger partial charge >= 0.3 is 0 Å². The summed E-state index contributed by atoms with van der Waals surface area (Å²) in [6.45, 7) is 2.38. The lowest BCUT2D eigenvalue weighted by atomic mass is 10.2. The van der Waals surface area contributed by atoms with Gasteiger partial charge in [-0.2, -0.15) is 9.78 Å². The molecule has 0 aliphatic rings. The van der Waals surface area contributed by atoms with Crippen LogP contribution in [0.15, 0.2) is 36.7 Å². The summed E-state index contributed by atoms with van der Waals surface area (Å²) in [6.07, 6.45) is 3.57. The van der Waals surface area contributed by atoms with Crippen molar-refractivity contribution in [3.05, 3.63) is 47.9 Å². The van der Waals surface area contributed by atoms with E-state index in [4.69, 9.17) is 5.73 Å². The minimum atomic E-state index is 0.450. The van der Waals surface area contributed by atoms with Gasteiger partial charge in [-0.15, -0.1) is 0 Å². The van der Waals surface area contributed by atoms with E-state index in [9.17, 15) is 0 Å². The normalized spacial score (nSPS) is 11.0. The van der Waals surface area contributed by atoms with Crippen molar-refractivity contribution >= 4 is 10.9 Å². The molecule has 0 radical (unpaired) electrons. The molecule has 3 rings (SSSR count). The number of benzene rings is 1. The van der Waals surface area contributed by atoms with Crippen LogP contribution in [-0.4, -0.2) is 19.7 Å². The largest absolute Gasteiger partial charge is 0.326 e. The number of nitrogens with zero attached hydrogens (tertiary/aromatic N) is 4. The van der Waals surface area contributed by atoms with Gasteiger partial charge in [0.1, 0.15) is 0 Å². The monoisotopic (exact) mass is 239 g/mol. The second-order valence-electron chi connectivity index (χ2n) is 4.10. The van der Waals surface area contributed by atoms with Crippen molar-refractivity contribution in [3.8, 4) is 5.95 Å². The minimum absolute atomic E-state index is 0.450. The summed E-state index contributed by atoms with van der Waals surface area (Å²) >= 11 is 0. The summed E-state index contributed by atoms with van der Waals surface area (Å²) in [7, 11) is 0. The number of fused-ring (bicyclic) bond motifs is 1. The molecule has 0 aliphatic carbocycles. The Morgan fingerprint density at radius 3 is 2.83 bits per heavy atom. The molecule has 18 heavy (non-hydrogen) atoms. The predicted molar refractivity (Wildman–Crippen MR) is 69.3 cm³/mol. The van der Waals surface area contributed by atoms with Crippen LogP contribution < -0.4 is 5.73 Å². The van der Waals surface area contributed by atoms with Crippen molar-refractivity contribution in [2.75, 3.05) is 0 Å². The molecule has 0 unspecified atom stereocenters. The first kappa shape index (κ1) is 10.9. The first-order valence-electron chi connectivity index (χ1n) is 5.75. The van der Waals surface area contributed by atoms with Gasteiger partial charge in [-0.1, -0.05) is 18.2 Å². The molecule has 0 bridgehead atoms. The molecule has 5 heteroatoms. The van der Waals surface area contributed by atoms with Crippen LogP contribution in [0.25, 0.3) is 16.9 Å². The maximum atomic E-state index is 5.61. The van der Waals surface area contributed by atoms with E-state index >= 15 is 0 Å². The molecule has 3 aromatic rings. The smallest absolute Gasteiger partial charge is 0.251 e. The Morgan fingerprint density at radius 2 is 2.06 bits per heavy atom. The molecule has 2 heterocycles. The van der Waals surface area contributed by atoms with Crippen molar-refractivity contribution in [2.24, 2.45) is 5.73 Å². The topological polar surface area (TPSA) is 69.6 Å². The lowest BCUT2D eigenvalue weighted by molar-refractivity contribution is 0.812. The van der Waals surface area contributed by atoms with E-state index in [1.807, 2.05) is 37.4 Å². The zero-order chi connectivity index (χ0) is 12.5. The molecule has 0 saturated heterocycles. The molecular formula is C13H13N5. The van der Waals surface area contributed by atoms with Crippen LogP contribution in [-0.2, 0) is 6.54 Å². The number of hydrogen-bond acceptors (Lipinski definition) is 4. The molecular weight excluding hydrogens is 226 g/mol. The highest BCUT2D eigenvalue weighted by atomic mass is 15.3. The Balaban J connectivity index is 2.17. The molecule has 0 aliphatic heterocycles. The fourth-order valence-corrected chi connectivity index (χ4v) is 1.91. The lowest BCUT2D eigenvalue weighted by Crippen LogP contribution is -2.08. The van der Waals surface area contributed by atoms with E-state index in [1.54, 1.807) is 10.9 Å². The van der Waals surface area contributed by atoms with Crippen LogP contribution in [0.2, 0.25) is 0 Å². The fraction of sp³-hybridized carbons (Fsp3) is 0.154. The van der Waals surface area contributed by atoms with Gasteiger partial charge in [0, 0.05) is 29.4 Å². The van der Waals surface area contributed by atoms with Crippen molar-refractivity contribution < 1.29 is 0 Å². The Morgan fingerprint density at radius 1 is 1.22 bits per heavy atom. The third-order valence-corrected chi connectivity index (χ3v) is 2.95. The van der Waals surface area contributed by atoms with E-state index in [0.717, 1.165) is 22.2 Å². The van der Waals surface area contributed by atoms with Crippen molar-refractivity contribution in [1.29, 1.82) is 0 Å². The first-order valence-corrected chi connectivity index (χ1v) is 5.75. The molecule has 0 saturated carbocycles. The van der Waals surface area contributed by atoms with Gasteiger partial charge in [0.15, 0.2) is 0 Å². The molecule has 0 amide bonds. The highest BCUT2D eigenvalue weighted by Crippen LogP contribution is 2.16. The van der Waals surface area contributed by atoms with Crippen LogP contribution >= 0.6 is 0 Å². The zero-order valence-electron chi connectivity index (χ0n) is 10.0. The number of nitrogens with two attached hydrogens (primary N) is 1. The average Bonchev–Trinajstić information content (AvgIpc) is 2.82. The number of aromatic nitrogens is 4. The Hall–Kier alpha value is -2.27. The fourth-order valence-electron chi connectivity index (χ4n) is 1.91. The van der Waals surface area contributed by atoms with Crippen LogP contribution in [0.5, 0.6) is 0 Å². The second kappa shape index (κ2) is 4.19. The highest BCUT2D eigenvalue weighted by Gasteiger charge is 2.08. The summed E-state index contributed by atoms with van der Waals surface area (Å²) in [6, 6.07) is 7.97. The second-order valence-corrected chi connectivity index (χ2v) is 4.10. The van der Waals surface area contributed by atoms with E-state index in [1.165, 1.54) is 0 Å². The van der Waals surface area contributed by atoms with Crippen molar-refractivity contribution in [1.82, 2.24) is 19.7 Å². The minimum Gasteiger partial charge on any atom is -0.326 e. The molecule has 5 nitrogen and oxygen atoms in total. The van der Waals surface area contributed by atoms with Gasteiger partial charge < -0.3 is 5.73 Å². The van der Waals surface area contributed by atoms with Crippen molar-refractivity contribution in [3.63, 3.8) is 0 Å². The van der Waals surface area contributed by atoms with Crippen LogP contribution in [0.1, 0.15) is 11.3 Å². The maximum Gasteiger partial charge on any atom is 0.251 e. The molecule has 2 aromatic heterocycles. The van der Waals surface area contributed by atoms with Gasteiger partial charge in [-0.3, -0.25) is 0 Å². The van der Waals surface area contributed by atoms with Gasteiger partial charge in [-0.25, -0.2) is 9.97 Å². The van der Waals surface area contributed by atoms with Gasteiger partial charge in [0.25, 0.3) is 5.95 Å². The summed E-state index contributed by atoms with van der Waals surface area (Å²) in [5, 5.41) is 5.39. The van der Waals surface area contributed by atoms with Crippen LogP contribution in [0, 0.1) is 6.92 Å².